The van der Waals surface area contributed by atoms with Crippen LogP contribution in [-0.4, -0.2) is 30.7 Å². The Morgan fingerprint density at radius 3 is 2.80 bits per heavy atom. The predicted molar refractivity (Wildman–Crippen MR) is 36.6 cm³/mol. The molecule has 0 amide bonds. The molecule has 0 aromatic heterocycles. The second kappa shape index (κ2) is 3.32. The summed E-state index contributed by atoms with van der Waals surface area (Å²) in [4.78, 5) is 0. The van der Waals surface area contributed by atoms with Gasteiger partial charge in [0.2, 0.25) is 0 Å². The van der Waals surface area contributed by atoms with E-state index in [0.717, 1.165) is 19.4 Å². The van der Waals surface area contributed by atoms with Crippen LogP contribution in [0.4, 0.5) is 0 Å². The highest BCUT2D eigenvalue weighted by Crippen LogP contribution is 2.10. The summed E-state index contributed by atoms with van der Waals surface area (Å²) in [5.41, 5.74) is 0. The van der Waals surface area contributed by atoms with E-state index >= 15 is 0 Å². The van der Waals surface area contributed by atoms with Crippen molar-refractivity contribution in [1.29, 1.82) is 0 Å². The molecule has 3 heteroatoms. The van der Waals surface area contributed by atoms with Gasteiger partial charge in [-0.2, -0.15) is 0 Å². The Morgan fingerprint density at radius 2 is 2.00 bits per heavy atom. The summed E-state index contributed by atoms with van der Waals surface area (Å²) in [5.74, 6) is -1.07. The molecule has 0 bridgehead atoms. The third-order valence-corrected chi connectivity index (χ3v) is 1.47. The smallest absolute Gasteiger partial charge is 0.186 e. The zero-order valence-electron chi connectivity index (χ0n) is 6.30. The van der Waals surface area contributed by atoms with Gasteiger partial charge in [-0.3, -0.25) is 0 Å². The fourth-order valence-corrected chi connectivity index (χ4v) is 0.901. The predicted octanol–water partition coefficient (Wildman–Crippen LogP) is 0.522. The van der Waals surface area contributed by atoms with Crippen molar-refractivity contribution in [1.82, 2.24) is 0 Å². The highest BCUT2D eigenvalue weighted by molar-refractivity contribution is 4.60. The van der Waals surface area contributed by atoms with Gasteiger partial charge < -0.3 is 14.6 Å². The molecular weight excluding hydrogens is 132 g/mol. The maximum absolute atomic E-state index is 9.33. The summed E-state index contributed by atoms with van der Waals surface area (Å²) >= 11 is 0. The van der Waals surface area contributed by atoms with Gasteiger partial charge in [0.15, 0.2) is 5.79 Å². The summed E-state index contributed by atoms with van der Waals surface area (Å²) in [6.45, 7) is 3.28. The second-order valence-electron chi connectivity index (χ2n) is 2.78. The first kappa shape index (κ1) is 7.98. The average Bonchev–Trinajstić information content (AvgIpc) is 1.81. The Labute approximate surface area is 60.9 Å². The fraction of sp³-hybridized carbons (Fsp3) is 1.00. The van der Waals surface area contributed by atoms with E-state index in [1.807, 2.05) is 0 Å². The van der Waals surface area contributed by atoms with Crippen molar-refractivity contribution >= 4 is 0 Å². The molecule has 1 fully saturated rings. The molecule has 3 nitrogen and oxygen atoms in total. The quantitative estimate of drug-likeness (QED) is 0.541. The topological polar surface area (TPSA) is 38.7 Å². The largest absolute Gasteiger partial charge is 0.376 e. The highest BCUT2D eigenvalue weighted by atomic mass is 16.6. The molecule has 0 radical (unpaired) electrons. The minimum atomic E-state index is -1.07. The zero-order valence-corrected chi connectivity index (χ0v) is 6.30. The lowest BCUT2D eigenvalue weighted by Crippen LogP contribution is -2.36. The number of hydrogen-bond donors (Lipinski definition) is 1. The Hall–Kier alpha value is -0.120. The van der Waals surface area contributed by atoms with Gasteiger partial charge in [0, 0.05) is 6.61 Å². The lowest BCUT2D eigenvalue weighted by molar-refractivity contribution is -0.227. The molecule has 1 heterocycles. The van der Waals surface area contributed by atoms with E-state index in [0.29, 0.717) is 6.61 Å². The lowest BCUT2D eigenvalue weighted by atomic mass is 10.3. The second-order valence-corrected chi connectivity index (χ2v) is 2.78. The molecule has 1 aliphatic rings. The van der Waals surface area contributed by atoms with E-state index in [4.69, 9.17) is 9.47 Å². The van der Waals surface area contributed by atoms with Crippen molar-refractivity contribution in [2.75, 3.05) is 19.8 Å². The van der Waals surface area contributed by atoms with E-state index < -0.39 is 5.79 Å². The molecule has 0 aromatic rings. The van der Waals surface area contributed by atoms with E-state index in [9.17, 15) is 5.11 Å². The van der Waals surface area contributed by atoms with E-state index in [1.54, 1.807) is 6.92 Å². The third kappa shape index (κ3) is 2.64. The molecule has 0 aliphatic carbocycles. The maximum atomic E-state index is 9.33. The molecule has 1 atom stereocenters. The van der Waals surface area contributed by atoms with Gasteiger partial charge >= 0.3 is 0 Å². The molecule has 1 rings (SSSR count). The molecule has 0 aromatic carbocycles. The Kier molecular flexibility index (Phi) is 2.65. The first-order valence-corrected chi connectivity index (χ1v) is 3.65. The number of ether oxygens (including phenoxy) is 2. The van der Waals surface area contributed by atoms with E-state index in [1.165, 1.54) is 0 Å². The van der Waals surface area contributed by atoms with Gasteiger partial charge in [-0.05, 0) is 19.8 Å². The van der Waals surface area contributed by atoms with Gasteiger partial charge in [0.05, 0.1) is 6.61 Å². The van der Waals surface area contributed by atoms with Gasteiger partial charge in [0.25, 0.3) is 0 Å². The first-order chi connectivity index (χ1) is 4.71. The van der Waals surface area contributed by atoms with Gasteiger partial charge in [-0.25, -0.2) is 0 Å². The molecule has 1 N–H and O–H groups in total. The van der Waals surface area contributed by atoms with E-state index in [2.05, 4.69) is 0 Å². The maximum Gasteiger partial charge on any atom is 0.186 e. The summed E-state index contributed by atoms with van der Waals surface area (Å²) in [6, 6.07) is 0. The van der Waals surface area contributed by atoms with Crippen LogP contribution >= 0.6 is 0 Å². The normalized spacial score (nSPS) is 36.6. The van der Waals surface area contributed by atoms with Crippen LogP contribution in [0.2, 0.25) is 0 Å². The molecule has 1 unspecified atom stereocenters. The van der Waals surface area contributed by atoms with Crippen molar-refractivity contribution < 1.29 is 14.6 Å². The highest BCUT2D eigenvalue weighted by Gasteiger charge is 2.21. The number of rotatable bonds is 0. The molecule has 1 saturated heterocycles. The molecular formula is C7H14O3. The molecule has 0 spiro atoms. The van der Waals surface area contributed by atoms with Crippen LogP contribution in [0.1, 0.15) is 19.8 Å². The van der Waals surface area contributed by atoms with E-state index in [-0.39, 0.29) is 6.61 Å². The van der Waals surface area contributed by atoms with Crippen molar-refractivity contribution in [3.63, 3.8) is 0 Å². The lowest BCUT2D eigenvalue weighted by Gasteiger charge is -2.25. The third-order valence-electron chi connectivity index (χ3n) is 1.47. The van der Waals surface area contributed by atoms with Crippen molar-refractivity contribution in [3.8, 4) is 0 Å². The van der Waals surface area contributed by atoms with Crippen LogP contribution in [0.15, 0.2) is 0 Å². The summed E-state index contributed by atoms with van der Waals surface area (Å²) in [6.07, 6.45) is 1.99. The summed E-state index contributed by atoms with van der Waals surface area (Å²) in [7, 11) is 0. The van der Waals surface area contributed by atoms with Crippen LogP contribution in [0.5, 0.6) is 0 Å². The van der Waals surface area contributed by atoms with Crippen LogP contribution in [0, 0.1) is 0 Å². The van der Waals surface area contributed by atoms with Crippen molar-refractivity contribution in [2.45, 2.75) is 25.6 Å². The van der Waals surface area contributed by atoms with Crippen molar-refractivity contribution in [3.05, 3.63) is 0 Å². The number of hydrogen-bond acceptors (Lipinski definition) is 3. The average molecular weight is 146 g/mol. The van der Waals surface area contributed by atoms with Crippen LogP contribution in [-0.2, 0) is 9.47 Å². The molecule has 60 valence electrons. The standard InChI is InChI=1S/C7H14O3/c1-7(8)6-9-4-2-3-5-10-7/h8H,2-6H2,1H3. The van der Waals surface area contributed by atoms with Crippen molar-refractivity contribution in [2.24, 2.45) is 0 Å². The van der Waals surface area contributed by atoms with Gasteiger partial charge in [-0.15, -0.1) is 0 Å². The molecule has 0 saturated carbocycles. The summed E-state index contributed by atoms with van der Waals surface area (Å²) in [5, 5.41) is 9.33. The Morgan fingerprint density at radius 1 is 1.30 bits per heavy atom. The minimum Gasteiger partial charge on any atom is -0.376 e. The van der Waals surface area contributed by atoms with Gasteiger partial charge in [0.1, 0.15) is 6.61 Å². The number of aliphatic hydroxyl groups is 1. The first-order valence-electron chi connectivity index (χ1n) is 3.65. The summed E-state index contributed by atoms with van der Waals surface area (Å²) < 4.78 is 10.2. The van der Waals surface area contributed by atoms with Crippen LogP contribution in [0.3, 0.4) is 0 Å². The monoisotopic (exact) mass is 146 g/mol. The minimum absolute atomic E-state index is 0.285. The zero-order chi connectivity index (χ0) is 7.45. The Bertz CT molecular complexity index is 91.0. The fourth-order valence-electron chi connectivity index (χ4n) is 0.901. The molecule has 1 aliphatic heterocycles. The SMILES string of the molecule is CC1(O)COCCCCO1. The van der Waals surface area contributed by atoms with Crippen LogP contribution < -0.4 is 0 Å². The Balaban J connectivity index is 2.30. The molecule has 10 heavy (non-hydrogen) atoms. The van der Waals surface area contributed by atoms with Gasteiger partial charge in [-0.1, -0.05) is 0 Å². The van der Waals surface area contributed by atoms with Crippen LogP contribution in [0.25, 0.3) is 0 Å².